The van der Waals surface area contributed by atoms with Gasteiger partial charge in [-0.2, -0.15) is 0 Å². The molecule has 0 radical (unpaired) electrons. The number of amides is 1. The normalized spacial score (nSPS) is 17.5. The highest BCUT2D eigenvalue weighted by Crippen LogP contribution is 2.44. The van der Waals surface area contributed by atoms with Gasteiger partial charge < -0.3 is 24.1 Å². The van der Waals surface area contributed by atoms with E-state index in [4.69, 9.17) is 14.2 Å². The van der Waals surface area contributed by atoms with Crippen LogP contribution in [0.5, 0.6) is 11.5 Å². The number of aromatic nitrogens is 1. The number of alkyl halides is 3. The predicted octanol–water partition coefficient (Wildman–Crippen LogP) is 6.75. The Hall–Kier alpha value is -3.40. The molecule has 1 aliphatic rings. The fourth-order valence-corrected chi connectivity index (χ4v) is 5.44. The minimum absolute atomic E-state index is 0.121. The maximum absolute atomic E-state index is 13.8. The van der Waals surface area contributed by atoms with Gasteiger partial charge in [-0.1, -0.05) is 18.2 Å². The smallest absolute Gasteiger partial charge is 0.410 e. The van der Waals surface area contributed by atoms with E-state index in [1.54, 1.807) is 40.0 Å². The maximum Gasteiger partial charge on any atom is 0.410 e. The Labute approximate surface area is 239 Å². The molecule has 224 valence electrons. The molecule has 0 bridgehead atoms. The van der Waals surface area contributed by atoms with Crippen LogP contribution in [0.25, 0.3) is 10.9 Å². The van der Waals surface area contributed by atoms with Gasteiger partial charge in [0, 0.05) is 40.8 Å². The summed E-state index contributed by atoms with van der Waals surface area (Å²) < 4.78 is 57.5. The number of halogens is 3. The van der Waals surface area contributed by atoms with E-state index in [9.17, 15) is 18.0 Å². The largest absolute Gasteiger partial charge is 0.496 e. The highest BCUT2D eigenvalue weighted by molar-refractivity contribution is 5.85. The van der Waals surface area contributed by atoms with E-state index in [1.807, 2.05) is 36.1 Å². The SMILES string of the molecule is COc1cc(OCCN(CCCF)C(=O)OC(C)(C)C)ccc1[C@@H]1c2[nH]c3ccccc3c2C[C@@H](C)N1CC(F)F. The van der Waals surface area contributed by atoms with Crippen LogP contribution in [0.15, 0.2) is 42.5 Å². The zero-order valence-electron chi connectivity index (χ0n) is 24.4. The third kappa shape index (κ3) is 7.28. The number of hydrogen-bond donors (Lipinski definition) is 1. The lowest BCUT2D eigenvalue weighted by atomic mass is 9.88. The van der Waals surface area contributed by atoms with Gasteiger partial charge in [0.25, 0.3) is 6.43 Å². The van der Waals surface area contributed by atoms with E-state index in [2.05, 4.69) is 11.1 Å². The van der Waals surface area contributed by atoms with E-state index in [1.165, 1.54) is 4.90 Å². The number of para-hydroxylation sites is 1. The summed E-state index contributed by atoms with van der Waals surface area (Å²) in [6, 6.07) is 12.8. The summed E-state index contributed by atoms with van der Waals surface area (Å²) in [5.41, 5.74) is 3.06. The summed E-state index contributed by atoms with van der Waals surface area (Å²) in [5, 5.41) is 1.09. The standard InChI is InChI=1S/C31H40F3N3O4/c1-20-17-24-22-9-6-7-10-25(22)35-28(24)29(37(20)19-27(33)34)23-12-11-21(18-26(23)39-5)40-16-15-36(14-8-13-32)30(38)41-31(2,3)4/h6-7,9-12,18,20,27,29,35H,8,13-17,19H2,1-5H3/t20-,29-/m1/s1. The number of rotatable bonds is 11. The van der Waals surface area contributed by atoms with E-state index in [-0.39, 0.29) is 38.7 Å². The van der Waals surface area contributed by atoms with E-state index < -0.39 is 30.8 Å². The van der Waals surface area contributed by atoms with Crippen molar-refractivity contribution in [1.82, 2.24) is 14.8 Å². The molecule has 0 fully saturated rings. The molecule has 1 aromatic heterocycles. The lowest BCUT2D eigenvalue weighted by Crippen LogP contribution is -2.45. The number of fused-ring (bicyclic) bond motifs is 3. The molecule has 41 heavy (non-hydrogen) atoms. The molecule has 0 aliphatic carbocycles. The Balaban J connectivity index is 1.59. The molecule has 0 spiro atoms. The van der Waals surface area contributed by atoms with Gasteiger partial charge in [0.2, 0.25) is 0 Å². The van der Waals surface area contributed by atoms with Gasteiger partial charge in [-0.25, -0.2) is 13.6 Å². The molecule has 3 aromatic rings. The topological polar surface area (TPSA) is 67.0 Å². The minimum atomic E-state index is -2.50. The van der Waals surface area contributed by atoms with Gasteiger partial charge in [0.1, 0.15) is 23.7 Å². The van der Waals surface area contributed by atoms with Gasteiger partial charge >= 0.3 is 6.09 Å². The second-order valence-electron chi connectivity index (χ2n) is 11.4. The van der Waals surface area contributed by atoms with Gasteiger partial charge in [-0.3, -0.25) is 9.29 Å². The lowest BCUT2D eigenvalue weighted by molar-refractivity contribution is 0.0221. The molecule has 1 aliphatic heterocycles. The molecule has 2 aromatic carbocycles. The Bertz CT molecular complexity index is 1320. The van der Waals surface area contributed by atoms with Gasteiger partial charge in [0.05, 0.1) is 32.9 Å². The van der Waals surface area contributed by atoms with E-state index >= 15 is 0 Å². The molecule has 2 heterocycles. The van der Waals surface area contributed by atoms with Crippen molar-refractivity contribution >= 4 is 17.0 Å². The average Bonchev–Trinajstić information content (AvgIpc) is 3.27. The third-order valence-electron chi connectivity index (χ3n) is 7.21. The molecule has 7 nitrogen and oxygen atoms in total. The van der Waals surface area contributed by atoms with Crippen LogP contribution in [0.1, 0.15) is 57.0 Å². The number of nitrogens with one attached hydrogen (secondary N) is 1. The first kappa shape index (κ1) is 30.6. The molecule has 1 amide bonds. The molecule has 4 rings (SSSR count). The molecule has 0 unspecified atom stereocenters. The molecule has 0 saturated carbocycles. The van der Waals surface area contributed by atoms with Crippen molar-refractivity contribution in [1.29, 1.82) is 0 Å². The summed E-state index contributed by atoms with van der Waals surface area (Å²) in [6.45, 7) is 6.95. The average molecular weight is 576 g/mol. The van der Waals surface area contributed by atoms with E-state index in [0.29, 0.717) is 17.9 Å². The number of hydrogen-bond acceptors (Lipinski definition) is 5. The highest BCUT2D eigenvalue weighted by atomic mass is 19.3. The van der Waals surface area contributed by atoms with E-state index in [0.717, 1.165) is 27.7 Å². The first-order valence-electron chi connectivity index (χ1n) is 14.0. The molecular formula is C31H40F3N3O4. The van der Waals surface area contributed by atoms with Crippen molar-refractivity contribution in [3.05, 3.63) is 59.3 Å². The van der Waals surface area contributed by atoms with Crippen molar-refractivity contribution in [2.45, 2.75) is 64.6 Å². The van der Waals surface area contributed by atoms with Crippen LogP contribution in [0.2, 0.25) is 0 Å². The second kappa shape index (κ2) is 13.1. The fourth-order valence-electron chi connectivity index (χ4n) is 5.44. The van der Waals surface area contributed by atoms with Crippen LogP contribution in [0, 0.1) is 0 Å². The Morgan fingerprint density at radius 2 is 1.93 bits per heavy atom. The van der Waals surface area contributed by atoms with Crippen molar-refractivity contribution in [3.63, 3.8) is 0 Å². The third-order valence-corrected chi connectivity index (χ3v) is 7.21. The highest BCUT2D eigenvalue weighted by Gasteiger charge is 2.38. The Morgan fingerprint density at radius 1 is 1.17 bits per heavy atom. The molecule has 0 saturated heterocycles. The number of carbonyl (C=O) groups excluding carboxylic acids is 1. The van der Waals surface area contributed by atoms with Crippen LogP contribution in [-0.2, 0) is 11.2 Å². The van der Waals surface area contributed by atoms with Crippen molar-refractivity contribution in [3.8, 4) is 11.5 Å². The number of nitrogens with zero attached hydrogens (tertiary/aromatic N) is 2. The summed E-state index contributed by atoms with van der Waals surface area (Å²) >= 11 is 0. The zero-order chi connectivity index (χ0) is 29.7. The van der Waals surface area contributed by atoms with Gasteiger partial charge in [-0.05, 0) is 64.3 Å². The number of methoxy groups -OCH3 is 1. The van der Waals surface area contributed by atoms with Crippen molar-refractivity contribution < 1.29 is 32.2 Å². The van der Waals surface area contributed by atoms with Crippen LogP contribution in [0.3, 0.4) is 0 Å². The summed E-state index contributed by atoms with van der Waals surface area (Å²) in [7, 11) is 1.54. The van der Waals surface area contributed by atoms with Crippen molar-refractivity contribution in [2.24, 2.45) is 0 Å². The monoisotopic (exact) mass is 575 g/mol. The van der Waals surface area contributed by atoms with Crippen LogP contribution in [0.4, 0.5) is 18.0 Å². The quantitative estimate of drug-likeness (QED) is 0.274. The number of H-pyrrole nitrogens is 1. The second-order valence-corrected chi connectivity index (χ2v) is 11.4. The van der Waals surface area contributed by atoms with Crippen molar-refractivity contribution in [2.75, 3.05) is 40.0 Å². The molecule has 2 atom stereocenters. The molecule has 1 N–H and O–H groups in total. The minimum Gasteiger partial charge on any atom is -0.496 e. The van der Waals surface area contributed by atoms with Gasteiger partial charge in [0.15, 0.2) is 0 Å². The predicted molar refractivity (Wildman–Crippen MR) is 153 cm³/mol. The number of aromatic amines is 1. The zero-order valence-corrected chi connectivity index (χ0v) is 24.4. The number of benzene rings is 2. The fraction of sp³-hybridized carbons (Fsp3) is 0.516. The number of carbonyl (C=O) groups is 1. The maximum atomic E-state index is 13.8. The lowest BCUT2D eigenvalue weighted by Gasteiger charge is -2.41. The Morgan fingerprint density at radius 3 is 2.61 bits per heavy atom. The van der Waals surface area contributed by atoms with Crippen LogP contribution >= 0.6 is 0 Å². The first-order valence-corrected chi connectivity index (χ1v) is 14.0. The first-order chi connectivity index (χ1) is 19.5. The van der Waals surface area contributed by atoms with Crippen LogP contribution < -0.4 is 9.47 Å². The summed E-state index contributed by atoms with van der Waals surface area (Å²) in [6.07, 6.45) is -2.17. The molecular weight excluding hydrogens is 535 g/mol. The van der Waals surface area contributed by atoms with Crippen LogP contribution in [-0.4, -0.2) is 79.0 Å². The summed E-state index contributed by atoms with van der Waals surface area (Å²) in [4.78, 5) is 19.3. The van der Waals surface area contributed by atoms with Gasteiger partial charge in [-0.15, -0.1) is 0 Å². The number of ether oxygens (including phenoxy) is 3. The Kier molecular flexibility index (Phi) is 9.73. The summed E-state index contributed by atoms with van der Waals surface area (Å²) in [5.74, 6) is 1.01. The molecule has 10 heteroatoms.